The normalized spacial score (nSPS) is 14.1. The van der Waals surface area contributed by atoms with Crippen LogP contribution in [-0.4, -0.2) is 68.3 Å². The van der Waals surface area contributed by atoms with Gasteiger partial charge in [-0.2, -0.15) is 10.2 Å². The summed E-state index contributed by atoms with van der Waals surface area (Å²) < 4.78 is 2.08. The smallest absolute Gasteiger partial charge is 0.245 e. The number of piperidine rings is 1. The molecule has 1 fully saturated rings. The largest absolute Gasteiger partial charge is 0.395 e. The van der Waals surface area contributed by atoms with Crippen molar-refractivity contribution in [3.8, 4) is 22.4 Å². The molecule has 1 aliphatic rings. The molecule has 1 amide bonds. The SMILES string of the molecule is C=CC(=O)N1CCC(n2nc(-c3ccc(NCCO)c(C=N)c3)c(-c3c(Cl)c(C)cc4[nH]ncc34)c2C)CC1. The lowest BCUT2D eigenvalue weighted by molar-refractivity contribution is -0.127. The lowest BCUT2D eigenvalue weighted by Gasteiger charge is -2.32. The van der Waals surface area contributed by atoms with Crippen LogP contribution in [-0.2, 0) is 4.79 Å². The van der Waals surface area contributed by atoms with Crippen LogP contribution in [0.3, 0.4) is 0 Å². The Morgan fingerprint density at radius 3 is 2.74 bits per heavy atom. The fraction of sp³-hybridized carbons (Fsp3) is 0.310. The number of nitrogens with one attached hydrogen (secondary N) is 3. The number of aliphatic hydroxyl groups excluding tert-OH is 1. The summed E-state index contributed by atoms with van der Waals surface area (Å²) in [7, 11) is 0. The van der Waals surface area contributed by atoms with Gasteiger partial charge in [0.05, 0.1) is 29.4 Å². The van der Waals surface area contributed by atoms with E-state index in [1.54, 1.807) is 6.20 Å². The first-order chi connectivity index (χ1) is 18.9. The minimum Gasteiger partial charge on any atom is -0.395 e. The maximum Gasteiger partial charge on any atom is 0.245 e. The van der Waals surface area contributed by atoms with Gasteiger partial charge < -0.3 is 20.7 Å². The highest BCUT2D eigenvalue weighted by atomic mass is 35.5. The van der Waals surface area contributed by atoms with Gasteiger partial charge >= 0.3 is 0 Å². The molecule has 9 nitrogen and oxygen atoms in total. The van der Waals surface area contributed by atoms with E-state index in [1.165, 1.54) is 12.3 Å². The van der Waals surface area contributed by atoms with Gasteiger partial charge in [0.25, 0.3) is 0 Å². The molecule has 1 aliphatic heterocycles. The number of carbonyl (C=O) groups is 1. The second-order valence-corrected chi connectivity index (χ2v) is 10.2. The fourth-order valence-corrected chi connectivity index (χ4v) is 5.71. The summed E-state index contributed by atoms with van der Waals surface area (Å²) in [6, 6.07) is 7.93. The van der Waals surface area contributed by atoms with Crippen LogP contribution in [0.5, 0.6) is 0 Å². The number of amides is 1. The van der Waals surface area contributed by atoms with Gasteiger partial charge in [0, 0.05) is 64.9 Å². The Hall–Kier alpha value is -3.95. The van der Waals surface area contributed by atoms with Crippen LogP contribution in [0.4, 0.5) is 5.69 Å². The molecule has 0 bridgehead atoms. The second kappa shape index (κ2) is 11.0. The topological polar surface area (TPSA) is 123 Å². The van der Waals surface area contributed by atoms with Gasteiger partial charge in [-0.1, -0.05) is 24.2 Å². The Bertz CT molecular complexity index is 1560. The summed E-state index contributed by atoms with van der Waals surface area (Å²) in [5.74, 6) is -0.0463. The number of likely N-dealkylation sites (tertiary alicyclic amines) is 1. The quantitative estimate of drug-likeness (QED) is 0.181. The number of aryl methyl sites for hydroxylation is 1. The molecule has 0 radical (unpaired) electrons. The third kappa shape index (κ3) is 4.84. The summed E-state index contributed by atoms with van der Waals surface area (Å²) in [5.41, 5.74) is 7.69. The van der Waals surface area contributed by atoms with E-state index in [2.05, 4.69) is 33.7 Å². The van der Waals surface area contributed by atoms with Crippen molar-refractivity contribution >= 4 is 40.3 Å². The Labute approximate surface area is 232 Å². The lowest BCUT2D eigenvalue weighted by Crippen LogP contribution is -2.38. The molecule has 2 aromatic heterocycles. The molecule has 0 saturated carbocycles. The van der Waals surface area contributed by atoms with Crippen molar-refractivity contribution in [2.75, 3.05) is 31.6 Å². The van der Waals surface area contributed by atoms with E-state index in [0.29, 0.717) is 30.2 Å². The number of fused-ring (bicyclic) bond motifs is 1. The summed E-state index contributed by atoms with van der Waals surface area (Å²) in [4.78, 5) is 14.0. The summed E-state index contributed by atoms with van der Waals surface area (Å²) in [6.45, 7) is 9.33. The molecule has 1 saturated heterocycles. The predicted molar refractivity (Wildman–Crippen MR) is 156 cm³/mol. The van der Waals surface area contributed by atoms with Crippen molar-refractivity contribution in [3.63, 3.8) is 0 Å². The van der Waals surface area contributed by atoms with E-state index < -0.39 is 0 Å². The number of aromatic nitrogens is 4. The van der Waals surface area contributed by atoms with Crippen LogP contribution >= 0.6 is 11.6 Å². The number of H-pyrrole nitrogens is 1. The van der Waals surface area contributed by atoms with Crippen molar-refractivity contribution in [1.82, 2.24) is 24.9 Å². The number of anilines is 1. The van der Waals surface area contributed by atoms with E-state index in [1.807, 2.05) is 36.1 Å². The number of rotatable bonds is 8. The van der Waals surface area contributed by atoms with Crippen LogP contribution < -0.4 is 5.32 Å². The Morgan fingerprint density at radius 1 is 1.28 bits per heavy atom. The monoisotopic (exact) mass is 545 g/mol. The Kier molecular flexibility index (Phi) is 7.54. The highest BCUT2D eigenvalue weighted by Crippen LogP contribution is 2.44. The van der Waals surface area contributed by atoms with Crippen molar-refractivity contribution in [2.24, 2.45) is 0 Å². The van der Waals surface area contributed by atoms with Gasteiger partial charge in [0.1, 0.15) is 5.69 Å². The van der Waals surface area contributed by atoms with Gasteiger partial charge in [0.15, 0.2) is 0 Å². The number of hydrogen-bond donors (Lipinski definition) is 4. The average molecular weight is 546 g/mol. The standard InChI is InChI=1S/C29H32ClN7O2/c1-4-25(39)36-10-7-21(8-11-36)37-18(3)26(27-22-16-33-34-24(22)13-17(2)28(27)30)29(35-37)19-5-6-23(32-9-12-38)20(14-19)15-31/h4-6,13-16,21,31-32,38H,1,7-12H2,2-3H3,(H,33,34). The van der Waals surface area contributed by atoms with Crippen LogP contribution in [0, 0.1) is 19.3 Å². The lowest BCUT2D eigenvalue weighted by atomic mass is 9.94. The zero-order valence-electron chi connectivity index (χ0n) is 22.1. The maximum atomic E-state index is 12.2. The molecule has 3 heterocycles. The zero-order valence-corrected chi connectivity index (χ0v) is 22.8. The molecule has 202 valence electrons. The van der Waals surface area contributed by atoms with Crippen molar-refractivity contribution in [1.29, 1.82) is 5.41 Å². The van der Waals surface area contributed by atoms with Gasteiger partial charge in [-0.05, 0) is 56.5 Å². The summed E-state index contributed by atoms with van der Waals surface area (Å²) >= 11 is 7.00. The summed E-state index contributed by atoms with van der Waals surface area (Å²) in [6.07, 6.45) is 6.01. The van der Waals surface area contributed by atoms with Crippen molar-refractivity contribution < 1.29 is 9.90 Å². The van der Waals surface area contributed by atoms with Crippen molar-refractivity contribution in [3.05, 3.63) is 65.0 Å². The van der Waals surface area contributed by atoms with Crippen molar-refractivity contribution in [2.45, 2.75) is 32.7 Å². The molecule has 2 aromatic carbocycles. The molecule has 4 aromatic rings. The molecule has 0 aliphatic carbocycles. The van der Waals surface area contributed by atoms with Gasteiger partial charge in [-0.15, -0.1) is 0 Å². The minimum atomic E-state index is -0.0463. The van der Waals surface area contributed by atoms with Crippen LogP contribution in [0.1, 0.15) is 35.7 Å². The van der Waals surface area contributed by atoms with Crippen LogP contribution in [0.15, 0.2) is 43.1 Å². The predicted octanol–water partition coefficient (Wildman–Crippen LogP) is 5.12. The molecular formula is C29H32ClN7O2. The zero-order chi connectivity index (χ0) is 27.7. The van der Waals surface area contributed by atoms with E-state index in [-0.39, 0.29) is 18.6 Å². The highest BCUT2D eigenvalue weighted by Gasteiger charge is 2.29. The highest BCUT2D eigenvalue weighted by molar-refractivity contribution is 6.36. The van der Waals surface area contributed by atoms with E-state index in [9.17, 15) is 9.90 Å². The summed E-state index contributed by atoms with van der Waals surface area (Å²) in [5, 5.41) is 34.5. The van der Waals surface area contributed by atoms with Crippen LogP contribution in [0.2, 0.25) is 5.02 Å². The first kappa shape index (κ1) is 26.6. The Morgan fingerprint density at radius 2 is 2.05 bits per heavy atom. The average Bonchev–Trinajstić information content (AvgIpc) is 3.56. The number of aromatic amines is 1. The molecule has 4 N–H and O–H groups in total. The number of halogens is 1. The fourth-order valence-electron chi connectivity index (χ4n) is 5.46. The molecule has 39 heavy (non-hydrogen) atoms. The second-order valence-electron chi connectivity index (χ2n) is 9.82. The van der Waals surface area contributed by atoms with Gasteiger partial charge in [-0.3, -0.25) is 14.6 Å². The van der Waals surface area contributed by atoms with E-state index in [4.69, 9.17) is 22.1 Å². The number of benzene rings is 2. The number of aliphatic hydroxyl groups is 1. The number of carbonyl (C=O) groups excluding carboxylic acids is 1. The molecule has 0 spiro atoms. The van der Waals surface area contributed by atoms with E-state index in [0.717, 1.165) is 63.1 Å². The Balaban J connectivity index is 1.68. The van der Waals surface area contributed by atoms with Gasteiger partial charge in [0.2, 0.25) is 5.91 Å². The maximum absolute atomic E-state index is 12.2. The first-order valence-electron chi connectivity index (χ1n) is 13.0. The molecule has 5 rings (SSSR count). The number of hydrogen-bond acceptors (Lipinski definition) is 6. The minimum absolute atomic E-state index is 0.00326. The van der Waals surface area contributed by atoms with E-state index >= 15 is 0 Å². The van der Waals surface area contributed by atoms with Gasteiger partial charge in [-0.25, -0.2) is 0 Å². The first-order valence-corrected chi connectivity index (χ1v) is 13.4. The molecular weight excluding hydrogens is 514 g/mol. The van der Waals surface area contributed by atoms with Crippen LogP contribution in [0.25, 0.3) is 33.3 Å². The molecule has 10 heteroatoms. The molecule has 0 unspecified atom stereocenters. The third-order valence-corrected chi connectivity index (χ3v) is 7.96. The third-order valence-electron chi connectivity index (χ3n) is 7.47. The number of nitrogens with zero attached hydrogens (tertiary/aromatic N) is 4. The molecule has 0 atom stereocenters.